The van der Waals surface area contributed by atoms with E-state index >= 15 is 0 Å². The molecule has 0 radical (unpaired) electrons. The average molecular weight is 788 g/mol. The monoisotopic (exact) mass is 787 g/mol. The number of ether oxygens (including phenoxy) is 8. The first-order valence-electron chi connectivity index (χ1n) is 18.7. The Hall–Kier alpha value is -5.22. The quantitative estimate of drug-likeness (QED) is 0.0707. The number of carboxylic acid groups (broad SMARTS) is 1. The van der Waals surface area contributed by atoms with Crippen LogP contribution in [-0.4, -0.2) is 108 Å². The van der Waals surface area contributed by atoms with Gasteiger partial charge in [0.1, 0.15) is 30.3 Å². The molecule has 3 aliphatic rings. The molecule has 57 heavy (non-hydrogen) atoms. The largest absolute Gasteiger partial charge is 0.481 e. The molecule has 2 atom stereocenters. The van der Waals surface area contributed by atoms with E-state index in [9.17, 15) is 24.3 Å². The Kier molecular flexibility index (Phi) is 15.7. The third kappa shape index (κ3) is 9.85. The van der Waals surface area contributed by atoms with Crippen LogP contribution >= 0.6 is 0 Å². The van der Waals surface area contributed by atoms with Crippen LogP contribution in [0.2, 0.25) is 0 Å². The molecule has 0 heterocycles. The molecule has 0 aromatic heterocycles. The number of hydrogen-bond acceptors (Lipinski definition) is 12. The van der Waals surface area contributed by atoms with Crippen molar-refractivity contribution in [1.29, 1.82) is 0 Å². The number of carbonyl (C=O) groups excluding carboxylic acids is 3. The lowest BCUT2D eigenvalue weighted by atomic mass is 9.49. The zero-order valence-electron chi connectivity index (χ0n) is 32.0. The zero-order valence-corrected chi connectivity index (χ0v) is 32.0. The molecule has 0 spiro atoms. The van der Waals surface area contributed by atoms with Crippen LogP contribution in [0.4, 0.5) is 5.69 Å². The number of aliphatic carboxylic acids is 1. The highest BCUT2D eigenvalue weighted by molar-refractivity contribution is 5.99. The standard InChI is InChI=1S/C43H49NO13/c1-4-36(45)54-26-22-50-18-20-52-24-28-56-42-32-10-6-8-12-34(32)43(35-13-9-7-11-33(35)42,57-29-25-53-21-19-51-23-27-55-37(46)5-2)39(41(48)49)38(42)40(47)44-31-16-14-30(3)15-17-31/h4-17,38-39H,1-2,18-29H2,3H3,(H,44,47)(H,48,49). The van der Waals surface area contributed by atoms with Gasteiger partial charge in [0.05, 0.1) is 72.0 Å². The first-order valence-corrected chi connectivity index (χ1v) is 18.7. The fraction of sp³-hybridized carbons (Fsp3) is 0.395. The van der Waals surface area contributed by atoms with Crippen LogP contribution in [0.25, 0.3) is 0 Å². The summed E-state index contributed by atoms with van der Waals surface area (Å²) in [6.45, 7) is 10.2. The van der Waals surface area contributed by atoms with Gasteiger partial charge in [-0.15, -0.1) is 0 Å². The van der Waals surface area contributed by atoms with Gasteiger partial charge in [0.15, 0.2) is 0 Å². The van der Waals surface area contributed by atoms with Crippen molar-refractivity contribution < 1.29 is 62.2 Å². The van der Waals surface area contributed by atoms with Gasteiger partial charge in [-0.25, -0.2) is 9.59 Å². The van der Waals surface area contributed by atoms with Crippen LogP contribution < -0.4 is 5.32 Å². The van der Waals surface area contributed by atoms with Crippen LogP contribution in [0, 0.1) is 18.8 Å². The molecular weight excluding hydrogens is 738 g/mol. The summed E-state index contributed by atoms with van der Waals surface area (Å²) < 4.78 is 45.9. The summed E-state index contributed by atoms with van der Waals surface area (Å²) in [6.07, 6.45) is 2.15. The van der Waals surface area contributed by atoms with Crippen molar-refractivity contribution in [3.8, 4) is 0 Å². The minimum atomic E-state index is -1.61. The molecule has 2 N–H and O–H groups in total. The second kappa shape index (κ2) is 20.8. The van der Waals surface area contributed by atoms with Crippen molar-refractivity contribution in [2.24, 2.45) is 11.8 Å². The highest BCUT2D eigenvalue weighted by Crippen LogP contribution is 2.65. The van der Waals surface area contributed by atoms with Crippen LogP contribution in [0.1, 0.15) is 27.8 Å². The Morgan fingerprint density at radius 1 is 0.579 bits per heavy atom. The lowest BCUT2D eigenvalue weighted by molar-refractivity contribution is -0.200. The lowest BCUT2D eigenvalue weighted by Gasteiger charge is -2.60. The molecule has 0 saturated carbocycles. The summed E-state index contributed by atoms with van der Waals surface area (Å²) in [5.74, 6) is -5.62. The van der Waals surface area contributed by atoms with E-state index in [1.807, 2.05) is 67.6 Å². The number of esters is 2. The molecule has 3 aromatic carbocycles. The van der Waals surface area contributed by atoms with Gasteiger partial charge in [0, 0.05) is 17.8 Å². The summed E-state index contributed by atoms with van der Waals surface area (Å²) in [5.41, 5.74) is 0.676. The van der Waals surface area contributed by atoms with E-state index in [1.165, 1.54) is 0 Å². The van der Waals surface area contributed by atoms with Gasteiger partial charge >= 0.3 is 17.9 Å². The average Bonchev–Trinajstić information content (AvgIpc) is 3.22. The number of anilines is 1. The third-order valence-electron chi connectivity index (χ3n) is 9.67. The van der Waals surface area contributed by atoms with Gasteiger partial charge in [-0.2, -0.15) is 0 Å². The van der Waals surface area contributed by atoms with Gasteiger partial charge in [0.2, 0.25) is 5.91 Å². The van der Waals surface area contributed by atoms with Gasteiger partial charge in [-0.05, 0) is 41.3 Å². The minimum absolute atomic E-state index is 0.000718. The van der Waals surface area contributed by atoms with E-state index in [4.69, 9.17) is 37.9 Å². The number of carbonyl (C=O) groups is 4. The fourth-order valence-corrected chi connectivity index (χ4v) is 7.38. The molecule has 304 valence electrons. The fourth-order valence-electron chi connectivity index (χ4n) is 7.38. The molecule has 14 heteroatoms. The third-order valence-corrected chi connectivity index (χ3v) is 9.67. The molecule has 3 aromatic rings. The van der Waals surface area contributed by atoms with Crippen LogP contribution in [0.5, 0.6) is 0 Å². The zero-order chi connectivity index (χ0) is 40.7. The normalized spacial score (nSPS) is 20.2. The van der Waals surface area contributed by atoms with Gasteiger partial charge in [-0.3, -0.25) is 9.59 Å². The maximum absolute atomic E-state index is 14.8. The van der Waals surface area contributed by atoms with Crippen LogP contribution in [0.15, 0.2) is 98.1 Å². The molecule has 0 aliphatic heterocycles. The number of aryl methyl sites for hydroxylation is 1. The Balaban J connectivity index is 1.39. The van der Waals surface area contributed by atoms with E-state index in [0.717, 1.165) is 17.7 Å². The van der Waals surface area contributed by atoms with Crippen LogP contribution in [0.3, 0.4) is 0 Å². The number of rotatable bonds is 25. The van der Waals surface area contributed by atoms with Gasteiger partial charge in [0.25, 0.3) is 0 Å². The summed E-state index contributed by atoms with van der Waals surface area (Å²) in [5, 5.41) is 14.2. The van der Waals surface area contributed by atoms with Crippen molar-refractivity contribution in [3.63, 3.8) is 0 Å². The maximum atomic E-state index is 14.8. The molecule has 3 aliphatic carbocycles. The Labute approximate surface area is 331 Å². The van der Waals surface area contributed by atoms with Gasteiger partial charge in [-0.1, -0.05) is 79.4 Å². The SMILES string of the molecule is C=CC(=O)OCCOCCOCCOC12c3ccccc3C(OCCOCCOCCOC(=O)C=C)(c3ccccc31)C(C(=O)Nc1ccc(C)cc1)C2C(=O)O. The second-order valence-electron chi connectivity index (χ2n) is 13.1. The number of carboxylic acids is 1. The highest BCUT2D eigenvalue weighted by Gasteiger charge is 2.71. The van der Waals surface area contributed by atoms with E-state index < -0.39 is 46.9 Å². The summed E-state index contributed by atoms with van der Waals surface area (Å²) >= 11 is 0. The second-order valence-corrected chi connectivity index (χ2v) is 13.1. The Bertz CT molecular complexity index is 1810. The summed E-state index contributed by atoms with van der Waals surface area (Å²) in [7, 11) is 0. The first-order chi connectivity index (χ1) is 27.7. The molecule has 14 nitrogen and oxygen atoms in total. The molecule has 0 saturated heterocycles. The van der Waals surface area contributed by atoms with Crippen molar-refractivity contribution in [2.45, 2.75) is 18.1 Å². The first kappa shape index (κ1) is 42.9. The van der Waals surface area contributed by atoms with E-state index in [1.54, 1.807) is 12.1 Å². The number of fused-ring (bicyclic) bond motifs is 1. The van der Waals surface area contributed by atoms with Crippen molar-refractivity contribution in [1.82, 2.24) is 0 Å². The minimum Gasteiger partial charge on any atom is -0.481 e. The van der Waals surface area contributed by atoms with Crippen molar-refractivity contribution >= 4 is 29.5 Å². The Morgan fingerprint density at radius 3 is 1.33 bits per heavy atom. The molecular formula is C43H49NO13. The molecule has 6 rings (SSSR count). The number of benzene rings is 3. The predicted octanol–water partition coefficient (Wildman–Crippen LogP) is 4.32. The molecule has 2 unspecified atom stereocenters. The predicted molar refractivity (Wildman–Crippen MR) is 206 cm³/mol. The molecule has 1 amide bonds. The van der Waals surface area contributed by atoms with Gasteiger partial charge < -0.3 is 48.3 Å². The number of nitrogens with one attached hydrogen (secondary N) is 1. The summed E-state index contributed by atoms with van der Waals surface area (Å²) in [4.78, 5) is 50.9. The van der Waals surface area contributed by atoms with Crippen molar-refractivity contribution in [3.05, 3.63) is 126 Å². The van der Waals surface area contributed by atoms with Crippen molar-refractivity contribution in [2.75, 3.05) is 84.6 Å². The van der Waals surface area contributed by atoms with Crippen LogP contribution in [-0.2, 0) is 68.3 Å². The number of amides is 1. The maximum Gasteiger partial charge on any atom is 0.330 e. The smallest absolute Gasteiger partial charge is 0.330 e. The van der Waals surface area contributed by atoms with E-state index in [2.05, 4.69) is 18.5 Å². The highest BCUT2D eigenvalue weighted by atomic mass is 16.6. The molecule has 2 bridgehead atoms. The topological polar surface area (TPSA) is 174 Å². The molecule has 0 fully saturated rings. The number of hydrogen-bond donors (Lipinski definition) is 2. The lowest BCUT2D eigenvalue weighted by Crippen LogP contribution is -2.67. The Morgan fingerprint density at radius 2 is 0.947 bits per heavy atom. The van der Waals surface area contributed by atoms with E-state index in [-0.39, 0.29) is 79.3 Å². The summed E-state index contributed by atoms with van der Waals surface area (Å²) in [6, 6.07) is 21.9. The van der Waals surface area contributed by atoms with E-state index in [0.29, 0.717) is 27.9 Å².